The van der Waals surface area contributed by atoms with E-state index in [1.807, 2.05) is 48.5 Å². The number of esters is 1. The molecular formula is C35H39N7O4. The van der Waals surface area contributed by atoms with E-state index < -0.39 is 17.7 Å². The van der Waals surface area contributed by atoms with Gasteiger partial charge in [-0.25, -0.2) is 4.99 Å². The quantitative estimate of drug-likeness (QED) is 0.192. The minimum atomic E-state index is -1.13. The third-order valence-electron chi connectivity index (χ3n) is 8.91. The first-order chi connectivity index (χ1) is 22.5. The fraction of sp³-hybridized carbons (Fsp3) is 0.371. The number of aliphatic hydroxyl groups is 1. The van der Waals surface area contributed by atoms with Crippen molar-refractivity contribution in [2.45, 2.75) is 70.2 Å². The van der Waals surface area contributed by atoms with Crippen LogP contribution in [0.5, 0.6) is 0 Å². The van der Waals surface area contributed by atoms with Crippen LogP contribution in [-0.2, 0) is 26.4 Å². The molecule has 3 N–H and O–H groups in total. The maximum Gasteiger partial charge on any atom is 0.305 e. The van der Waals surface area contributed by atoms with E-state index >= 15 is 0 Å². The number of nitrogens with one attached hydrogen (secondary N) is 2. The van der Waals surface area contributed by atoms with Gasteiger partial charge in [0.25, 0.3) is 0 Å². The summed E-state index contributed by atoms with van der Waals surface area (Å²) in [6.45, 7) is 4.79. The van der Waals surface area contributed by atoms with Gasteiger partial charge in [-0.15, -0.1) is 10.2 Å². The lowest BCUT2D eigenvalue weighted by atomic mass is 9.73. The van der Waals surface area contributed by atoms with E-state index in [1.165, 1.54) is 0 Å². The Kier molecular flexibility index (Phi) is 9.32. The minimum absolute atomic E-state index is 0.104. The maximum absolute atomic E-state index is 13.7. The van der Waals surface area contributed by atoms with E-state index in [0.717, 1.165) is 52.2 Å². The third kappa shape index (κ3) is 5.95. The number of unbranched alkanes of at least 4 members (excludes halogenated alkanes) is 1. The van der Waals surface area contributed by atoms with Crippen LogP contribution < -0.4 is 5.32 Å². The smallest absolute Gasteiger partial charge is 0.305 e. The fourth-order valence-corrected chi connectivity index (χ4v) is 6.73. The molecule has 0 saturated carbocycles. The Morgan fingerprint density at radius 3 is 2.50 bits per heavy atom. The van der Waals surface area contributed by atoms with Crippen molar-refractivity contribution in [2.75, 3.05) is 13.2 Å². The summed E-state index contributed by atoms with van der Waals surface area (Å²) in [5.41, 5.74) is 4.49. The Balaban J connectivity index is 1.44. The number of fused-ring (bicyclic) bond motifs is 1. The number of ketones is 1. The van der Waals surface area contributed by atoms with E-state index in [2.05, 4.69) is 62.0 Å². The molecule has 0 amide bonds. The normalized spacial score (nSPS) is 20.8. The minimum Gasteiger partial charge on any atom is -0.466 e. The summed E-state index contributed by atoms with van der Waals surface area (Å²) in [6, 6.07) is 23.3. The van der Waals surface area contributed by atoms with E-state index in [-0.39, 0.29) is 31.3 Å². The number of para-hydroxylation sites is 1. The van der Waals surface area contributed by atoms with Crippen LogP contribution in [0.4, 0.5) is 5.69 Å². The molecule has 0 aliphatic carbocycles. The average Bonchev–Trinajstić information content (AvgIpc) is 3.74. The van der Waals surface area contributed by atoms with Crippen molar-refractivity contribution < 1.29 is 19.4 Å². The lowest BCUT2D eigenvalue weighted by molar-refractivity contribution is -0.144. The van der Waals surface area contributed by atoms with Crippen LogP contribution in [0.15, 0.2) is 77.8 Å². The predicted octanol–water partition coefficient (Wildman–Crippen LogP) is 4.71. The molecule has 2 aliphatic rings. The number of tetrazole rings is 1. The van der Waals surface area contributed by atoms with Crippen molar-refractivity contribution in [1.82, 2.24) is 30.8 Å². The molecule has 11 nitrogen and oxygen atoms in total. The number of H-pyrrole nitrogens is 1. The molecule has 1 aromatic heterocycles. The van der Waals surface area contributed by atoms with Gasteiger partial charge < -0.3 is 20.1 Å². The number of aliphatic imine (C=N–C) groups is 1. The van der Waals surface area contributed by atoms with Gasteiger partial charge in [-0.3, -0.25) is 9.59 Å². The molecular weight excluding hydrogens is 582 g/mol. The number of β-amino-alcohol motifs (C(OH)–C–C–N with tert-alkyl or cyclic N) is 1. The summed E-state index contributed by atoms with van der Waals surface area (Å²) in [5.74, 6) is 0.763. The van der Waals surface area contributed by atoms with Gasteiger partial charge in [-0.2, -0.15) is 5.21 Å². The summed E-state index contributed by atoms with van der Waals surface area (Å²) in [5, 5.41) is 28.6. The number of carbonyl (C=O) groups is 2. The first-order valence-electron chi connectivity index (χ1n) is 15.9. The zero-order valence-corrected chi connectivity index (χ0v) is 26.1. The number of aromatic amines is 1. The van der Waals surface area contributed by atoms with Gasteiger partial charge in [0.2, 0.25) is 5.82 Å². The SMILES string of the molecule is CCCCC1=Nc2ccccc2C(CCC(=O)OCC)(C2NCC(O)C2=O)N1Cc1ccc(-c2ccccc2-c2nn[nH]n2)cc1. The van der Waals surface area contributed by atoms with E-state index in [4.69, 9.17) is 9.73 Å². The number of aliphatic hydroxyl groups excluding tert-OH is 1. The summed E-state index contributed by atoms with van der Waals surface area (Å²) in [4.78, 5) is 33.9. The highest BCUT2D eigenvalue weighted by Crippen LogP contribution is 2.48. The second-order valence-corrected chi connectivity index (χ2v) is 11.7. The number of rotatable bonds is 12. The highest BCUT2D eigenvalue weighted by atomic mass is 16.5. The molecule has 2 aliphatic heterocycles. The summed E-state index contributed by atoms with van der Waals surface area (Å²) in [7, 11) is 0. The van der Waals surface area contributed by atoms with Crippen LogP contribution in [0.25, 0.3) is 22.5 Å². The fourth-order valence-electron chi connectivity index (χ4n) is 6.73. The van der Waals surface area contributed by atoms with Crippen LogP contribution in [-0.4, -0.2) is 73.5 Å². The maximum atomic E-state index is 13.7. The molecule has 6 rings (SSSR count). The topological polar surface area (TPSA) is 146 Å². The average molecular weight is 622 g/mol. The van der Waals surface area contributed by atoms with Crippen LogP contribution >= 0.6 is 0 Å². The van der Waals surface area contributed by atoms with Gasteiger partial charge in [-0.1, -0.05) is 80.1 Å². The van der Waals surface area contributed by atoms with E-state index in [1.54, 1.807) is 6.92 Å². The Labute approximate surface area is 268 Å². The largest absolute Gasteiger partial charge is 0.466 e. The lowest BCUT2D eigenvalue weighted by Gasteiger charge is -2.52. The second kappa shape index (κ2) is 13.7. The molecule has 4 aromatic rings. The van der Waals surface area contributed by atoms with Crippen molar-refractivity contribution >= 4 is 23.3 Å². The van der Waals surface area contributed by atoms with E-state index in [9.17, 15) is 14.7 Å². The molecule has 0 bridgehead atoms. The Morgan fingerprint density at radius 2 is 1.80 bits per heavy atom. The Hall–Kier alpha value is -4.74. The van der Waals surface area contributed by atoms with Gasteiger partial charge in [0.05, 0.1) is 23.9 Å². The first kappa shape index (κ1) is 31.3. The highest BCUT2D eigenvalue weighted by molar-refractivity contribution is 5.96. The molecule has 0 radical (unpaired) electrons. The Bertz CT molecular complexity index is 1710. The molecule has 0 spiro atoms. The zero-order valence-electron chi connectivity index (χ0n) is 26.1. The van der Waals surface area contributed by atoms with Gasteiger partial charge in [0, 0.05) is 37.1 Å². The molecule has 1 saturated heterocycles. The summed E-state index contributed by atoms with van der Waals surface area (Å²) < 4.78 is 5.36. The van der Waals surface area contributed by atoms with Crippen LogP contribution in [0.3, 0.4) is 0 Å². The third-order valence-corrected chi connectivity index (χ3v) is 8.91. The standard InChI is InChI=1S/C35H39N7O4/c1-3-5-14-30-37-28-13-9-8-12-27(28)35(20-19-31(44)46-4-2,33-32(45)29(43)21-36-33)42(30)22-23-15-17-24(18-16-23)25-10-6-7-11-26(25)34-38-40-41-39-34/h6-13,15-18,29,33,36,43H,3-5,14,19-22H2,1-2H3,(H,38,39,40,41). The van der Waals surface area contributed by atoms with Gasteiger partial charge in [0.1, 0.15) is 11.9 Å². The summed E-state index contributed by atoms with van der Waals surface area (Å²) in [6.07, 6.45) is 1.86. The second-order valence-electron chi connectivity index (χ2n) is 11.7. The van der Waals surface area contributed by atoms with Crippen molar-refractivity contribution in [3.63, 3.8) is 0 Å². The van der Waals surface area contributed by atoms with Crippen molar-refractivity contribution in [3.05, 3.63) is 83.9 Å². The molecule has 11 heteroatoms. The molecule has 3 aromatic carbocycles. The number of benzene rings is 3. The summed E-state index contributed by atoms with van der Waals surface area (Å²) >= 11 is 0. The first-order valence-corrected chi connectivity index (χ1v) is 15.9. The van der Waals surface area contributed by atoms with Crippen molar-refractivity contribution in [2.24, 2.45) is 4.99 Å². The molecule has 3 heterocycles. The van der Waals surface area contributed by atoms with Crippen LogP contribution in [0, 0.1) is 0 Å². The highest BCUT2D eigenvalue weighted by Gasteiger charge is 2.55. The number of nitrogens with zero attached hydrogens (tertiary/aromatic N) is 5. The van der Waals surface area contributed by atoms with Gasteiger partial charge >= 0.3 is 5.97 Å². The number of aromatic nitrogens is 4. The number of amidine groups is 1. The molecule has 3 atom stereocenters. The number of Topliss-reactive ketones (excluding diaryl/α,β-unsaturated/α-hetero) is 1. The predicted molar refractivity (Wildman–Crippen MR) is 174 cm³/mol. The molecule has 3 unspecified atom stereocenters. The Morgan fingerprint density at radius 1 is 1.04 bits per heavy atom. The van der Waals surface area contributed by atoms with Gasteiger partial charge in [0.15, 0.2) is 5.78 Å². The van der Waals surface area contributed by atoms with Gasteiger partial charge in [-0.05, 0) is 47.7 Å². The zero-order chi connectivity index (χ0) is 32.1. The van der Waals surface area contributed by atoms with Crippen molar-refractivity contribution in [3.8, 4) is 22.5 Å². The van der Waals surface area contributed by atoms with E-state index in [0.29, 0.717) is 25.2 Å². The van der Waals surface area contributed by atoms with Crippen LogP contribution in [0.2, 0.25) is 0 Å². The number of ether oxygens (including phenoxy) is 1. The van der Waals surface area contributed by atoms with Crippen molar-refractivity contribution in [1.29, 1.82) is 0 Å². The monoisotopic (exact) mass is 621 g/mol. The number of carbonyl (C=O) groups excluding carboxylic acids is 2. The molecule has 238 valence electrons. The molecule has 1 fully saturated rings. The molecule has 46 heavy (non-hydrogen) atoms. The number of hydrogen-bond acceptors (Lipinski definition) is 10. The lowest BCUT2D eigenvalue weighted by Crippen LogP contribution is -2.62. The number of hydrogen-bond donors (Lipinski definition) is 3. The van der Waals surface area contributed by atoms with Crippen LogP contribution in [0.1, 0.15) is 57.1 Å².